The van der Waals surface area contributed by atoms with E-state index in [1.807, 2.05) is 6.07 Å². The zero-order valence-corrected chi connectivity index (χ0v) is 20.6. The monoisotopic (exact) mass is 526 g/mol. The lowest BCUT2D eigenvalue weighted by molar-refractivity contribution is -0.385. The van der Waals surface area contributed by atoms with Crippen molar-refractivity contribution in [2.75, 3.05) is 19.0 Å². The van der Waals surface area contributed by atoms with E-state index in [-0.39, 0.29) is 28.7 Å². The van der Waals surface area contributed by atoms with E-state index in [4.69, 9.17) is 5.26 Å². The molecule has 4 rings (SSSR count). The Morgan fingerprint density at radius 1 is 1.19 bits per heavy atom. The standard InChI is InChI=1S/C22H18N8O4S.ClH/c1-27(22-5-3-4-9-24-22)19-7-6-18(30(31)32)12-21(19)35(33,34)28(2)25-14-17-15-26-29-10-8-16(13-23)11-20(17)29;/h3-12,14-15H,1-2H3;1H. The Morgan fingerprint density at radius 2 is 1.97 bits per heavy atom. The highest BCUT2D eigenvalue weighted by Gasteiger charge is 2.28. The van der Waals surface area contributed by atoms with Crippen molar-refractivity contribution in [3.63, 3.8) is 0 Å². The van der Waals surface area contributed by atoms with Crippen molar-refractivity contribution in [2.24, 2.45) is 5.10 Å². The molecule has 0 bridgehead atoms. The average molecular weight is 527 g/mol. The second kappa shape index (κ2) is 10.4. The van der Waals surface area contributed by atoms with Crippen LogP contribution in [0.15, 0.2) is 77.1 Å². The Kier molecular flexibility index (Phi) is 7.52. The van der Waals surface area contributed by atoms with Crippen LogP contribution in [0.1, 0.15) is 11.1 Å². The number of anilines is 2. The topological polar surface area (TPSA) is 150 Å². The molecule has 0 spiro atoms. The average Bonchev–Trinajstić information content (AvgIpc) is 3.28. The molecule has 184 valence electrons. The number of nitro benzene ring substituents is 1. The van der Waals surface area contributed by atoms with Gasteiger partial charge < -0.3 is 4.90 Å². The first-order valence-electron chi connectivity index (χ1n) is 10.1. The number of hydrazone groups is 1. The second-order valence-corrected chi connectivity index (χ2v) is 9.22. The van der Waals surface area contributed by atoms with E-state index in [0.717, 1.165) is 10.5 Å². The Hall–Kier alpha value is -4.54. The molecule has 0 fully saturated rings. The van der Waals surface area contributed by atoms with Crippen molar-refractivity contribution in [3.8, 4) is 6.07 Å². The molecule has 0 aliphatic rings. The summed E-state index contributed by atoms with van der Waals surface area (Å²) in [7, 11) is -1.48. The van der Waals surface area contributed by atoms with Crippen molar-refractivity contribution in [2.45, 2.75) is 4.90 Å². The zero-order valence-electron chi connectivity index (χ0n) is 19.0. The van der Waals surface area contributed by atoms with Crippen LogP contribution in [-0.2, 0) is 10.0 Å². The van der Waals surface area contributed by atoms with Gasteiger partial charge in [0, 0.05) is 44.2 Å². The quantitative estimate of drug-likeness (QED) is 0.202. The van der Waals surface area contributed by atoms with Gasteiger partial charge in [0.15, 0.2) is 0 Å². The summed E-state index contributed by atoms with van der Waals surface area (Å²) in [5.74, 6) is 0.448. The minimum absolute atomic E-state index is 0. The number of hydrogen-bond acceptors (Lipinski definition) is 9. The normalized spacial score (nSPS) is 11.1. The zero-order chi connectivity index (χ0) is 25.2. The maximum absolute atomic E-state index is 13.5. The van der Waals surface area contributed by atoms with E-state index >= 15 is 0 Å². The van der Waals surface area contributed by atoms with Crippen LogP contribution in [0.3, 0.4) is 0 Å². The number of non-ortho nitro benzene ring substituents is 1. The number of nitriles is 1. The SMILES string of the molecule is CN(c1ccccn1)c1ccc([N+](=O)[O-])cc1S(=O)(=O)N(C)N=Cc1cnn2ccc(C#N)cc12.Cl. The molecule has 36 heavy (non-hydrogen) atoms. The van der Waals surface area contributed by atoms with Gasteiger partial charge in [-0.3, -0.25) is 10.1 Å². The molecule has 0 unspecified atom stereocenters. The highest BCUT2D eigenvalue weighted by atomic mass is 35.5. The van der Waals surface area contributed by atoms with Crippen LogP contribution in [0.5, 0.6) is 0 Å². The van der Waals surface area contributed by atoms with Gasteiger partial charge in [-0.1, -0.05) is 6.07 Å². The minimum Gasteiger partial charge on any atom is -0.328 e. The maximum atomic E-state index is 13.5. The van der Waals surface area contributed by atoms with Gasteiger partial charge in [0.1, 0.15) is 10.7 Å². The fourth-order valence-corrected chi connectivity index (χ4v) is 4.49. The van der Waals surface area contributed by atoms with E-state index < -0.39 is 14.9 Å². The van der Waals surface area contributed by atoms with E-state index in [2.05, 4.69) is 15.2 Å². The lowest BCUT2D eigenvalue weighted by Crippen LogP contribution is -2.25. The number of nitrogens with zero attached hydrogens (tertiary/aromatic N) is 8. The van der Waals surface area contributed by atoms with Gasteiger partial charge >= 0.3 is 0 Å². The number of fused-ring (bicyclic) bond motifs is 1. The first kappa shape index (κ1) is 26.1. The van der Waals surface area contributed by atoms with Crippen molar-refractivity contribution in [1.82, 2.24) is 19.0 Å². The molecule has 0 aliphatic carbocycles. The second-order valence-electron chi connectivity index (χ2n) is 7.30. The molecule has 4 aromatic rings. The molecule has 0 aliphatic heterocycles. The lowest BCUT2D eigenvalue weighted by atomic mass is 10.2. The molecular formula is C22H19ClN8O4S. The summed E-state index contributed by atoms with van der Waals surface area (Å²) in [5.41, 5.74) is 1.25. The molecule has 0 amide bonds. The summed E-state index contributed by atoms with van der Waals surface area (Å²) >= 11 is 0. The molecule has 12 nitrogen and oxygen atoms in total. The first-order valence-corrected chi connectivity index (χ1v) is 11.5. The molecule has 0 saturated heterocycles. The van der Waals surface area contributed by atoms with Gasteiger partial charge in [0.2, 0.25) is 0 Å². The number of halogens is 1. The first-order chi connectivity index (χ1) is 16.7. The van der Waals surface area contributed by atoms with Gasteiger partial charge in [-0.25, -0.2) is 9.50 Å². The van der Waals surface area contributed by atoms with Gasteiger partial charge in [-0.15, -0.1) is 12.4 Å². The van der Waals surface area contributed by atoms with Crippen LogP contribution in [-0.4, -0.2) is 52.7 Å². The molecular weight excluding hydrogens is 508 g/mol. The number of benzene rings is 1. The smallest absolute Gasteiger partial charge is 0.281 e. The highest BCUT2D eigenvalue weighted by Crippen LogP contribution is 2.33. The van der Waals surface area contributed by atoms with Crippen molar-refractivity contribution >= 4 is 51.4 Å². The molecule has 0 radical (unpaired) electrons. The van der Waals surface area contributed by atoms with Gasteiger partial charge in [0.05, 0.1) is 40.2 Å². The Morgan fingerprint density at radius 3 is 2.64 bits per heavy atom. The van der Waals surface area contributed by atoms with Crippen LogP contribution in [0.4, 0.5) is 17.2 Å². The van der Waals surface area contributed by atoms with E-state index in [9.17, 15) is 18.5 Å². The Balaban J connectivity index is 0.00000361. The fraction of sp³-hybridized carbons (Fsp3) is 0.0909. The summed E-state index contributed by atoms with van der Waals surface area (Å²) < 4.78 is 29.2. The Labute approximate surface area is 212 Å². The molecule has 0 saturated carbocycles. The van der Waals surface area contributed by atoms with Crippen LogP contribution >= 0.6 is 12.4 Å². The fourth-order valence-electron chi connectivity index (χ4n) is 3.29. The molecule has 0 atom stereocenters. The molecule has 0 N–H and O–H groups in total. The van der Waals surface area contributed by atoms with Gasteiger partial charge in [-0.05, 0) is 30.3 Å². The van der Waals surface area contributed by atoms with E-state index in [1.54, 1.807) is 49.8 Å². The third kappa shape index (κ3) is 4.95. The predicted octanol–water partition coefficient (Wildman–Crippen LogP) is 3.35. The predicted molar refractivity (Wildman–Crippen MR) is 135 cm³/mol. The molecule has 1 aromatic carbocycles. The lowest BCUT2D eigenvalue weighted by Gasteiger charge is -2.23. The maximum Gasteiger partial charge on any atom is 0.281 e. The largest absolute Gasteiger partial charge is 0.328 e. The third-order valence-corrected chi connectivity index (χ3v) is 6.85. The van der Waals surface area contributed by atoms with E-state index in [1.165, 1.54) is 41.0 Å². The molecule has 3 heterocycles. The number of rotatable bonds is 7. The number of sulfonamides is 1. The van der Waals surface area contributed by atoms with Crippen LogP contribution < -0.4 is 4.90 Å². The summed E-state index contributed by atoms with van der Waals surface area (Å²) in [4.78, 5) is 16.1. The summed E-state index contributed by atoms with van der Waals surface area (Å²) in [6.07, 6.45) is 5.93. The van der Waals surface area contributed by atoms with Gasteiger partial charge in [-0.2, -0.15) is 28.3 Å². The summed E-state index contributed by atoms with van der Waals surface area (Å²) in [5, 5.41) is 28.7. The van der Waals surface area contributed by atoms with Crippen molar-refractivity contribution < 1.29 is 13.3 Å². The van der Waals surface area contributed by atoms with Crippen molar-refractivity contribution in [3.05, 3.63) is 88.4 Å². The Bertz CT molecular complexity index is 1600. The number of hydrogen-bond donors (Lipinski definition) is 0. The van der Waals surface area contributed by atoms with Crippen LogP contribution in [0.2, 0.25) is 0 Å². The van der Waals surface area contributed by atoms with Gasteiger partial charge in [0.25, 0.3) is 15.7 Å². The van der Waals surface area contributed by atoms with E-state index in [0.29, 0.717) is 22.5 Å². The third-order valence-electron chi connectivity index (χ3n) is 5.17. The highest BCUT2D eigenvalue weighted by molar-refractivity contribution is 7.89. The number of nitro groups is 1. The summed E-state index contributed by atoms with van der Waals surface area (Å²) in [6.45, 7) is 0. The number of pyridine rings is 2. The van der Waals surface area contributed by atoms with Crippen LogP contribution in [0, 0.1) is 21.4 Å². The minimum atomic E-state index is -4.32. The molecule has 14 heteroatoms. The summed E-state index contributed by atoms with van der Waals surface area (Å²) in [6, 6.07) is 13.9. The molecule has 3 aromatic heterocycles. The van der Waals surface area contributed by atoms with Crippen molar-refractivity contribution in [1.29, 1.82) is 5.26 Å². The van der Waals surface area contributed by atoms with Crippen LogP contribution in [0.25, 0.3) is 5.52 Å². The number of aromatic nitrogens is 3.